The lowest BCUT2D eigenvalue weighted by Gasteiger charge is -2.15. The molecular formula is C26H25N7O2. The minimum absolute atomic E-state index is 0.305. The molecule has 0 aliphatic carbocycles. The molecule has 1 amide bonds. The second-order valence-corrected chi connectivity index (χ2v) is 8.44. The summed E-state index contributed by atoms with van der Waals surface area (Å²) in [5.41, 5.74) is 6.43. The molecule has 9 heteroatoms. The monoisotopic (exact) mass is 467 g/mol. The molecule has 4 heterocycles. The van der Waals surface area contributed by atoms with Crippen molar-refractivity contribution in [2.75, 3.05) is 23.7 Å². The summed E-state index contributed by atoms with van der Waals surface area (Å²) in [6, 6.07) is 11.0. The number of benzene rings is 1. The maximum absolute atomic E-state index is 12.8. The molecule has 5 rings (SSSR count). The molecule has 176 valence electrons. The molecule has 35 heavy (non-hydrogen) atoms. The second-order valence-electron chi connectivity index (χ2n) is 8.44. The van der Waals surface area contributed by atoms with Crippen molar-refractivity contribution in [3.63, 3.8) is 0 Å². The fourth-order valence-corrected chi connectivity index (χ4v) is 3.81. The first kappa shape index (κ1) is 22.4. The number of carbonyl (C=O) groups excluding carboxylic acids is 1. The predicted molar refractivity (Wildman–Crippen MR) is 136 cm³/mol. The van der Waals surface area contributed by atoms with Crippen molar-refractivity contribution in [2.24, 2.45) is 0 Å². The summed E-state index contributed by atoms with van der Waals surface area (Å²) in [5.74, 6) is 1.12. The Morgan fingerprint density at radius 2 is 2.06 bits per heavy atom. The lowest BCUT2D eigenvalue weighted by atomic mass is 10.1. The molecule has 0 bridgehead atoms. The van der Waals surface area contributed by atoms with Gasteiger partial charge < -0.3 is 20.5 Å². The molecular weight excluding hydrogens is 442 g/mol. The van der Waals surface area contributed by atoms with Crippen LogP contribution in [-0.4, -0.2) is 39.1 Å². The van der Waals surface area contributed by atoms with Gasteiger partial charge in [0.15, 0.2) is 17.4 Å². The van der Waals surface area contributed by atoms with E-state index in [1.165, 1.54) is 11.9 Å². The number of hydrogen-bond donors (Lipinski definition) is 3. The number of pyridine rings is 1. The highest BCUT2D eigenvalue weighted by atomic mass is 16.5. The Bertz CT molecular complexity index is 1470. The summed E-state index contributed by atoms with van der Waals surface area (Å²) < 4.78 is 5.17. The molecule has 0 unspecified atom stereocenters. The molecule has 1 aliphatic rings. The highest BCUT2D eigenvalue weighted by Gasteiger charge is 2.15. The summed E-state index contributed by atoms with van der Waals surface area (Å²) in [5, 5.41) is 13.3. The van der Waals surface area contributed by atoms with E-state index >= 15 is 0 Å². The van der Waals surface area contributed by atoms with Crippen LogP contribution < -0.4 is 16.0 Å². The van der Waals surface area contributed by atoms with Gasteiger partial charge in [0.05, 0.1) is 11.2 Å². The standard InChI is InChI=1S/C26H25N7O2/c1-15(2)22-13-23(33-35-22)32-26(34)18-5-4-16(3)21(12-18)31-25-24-20(28-14-29-25)7-6-19(30-24)17-8-10-27-11-9-17/h4-8,12-14,27H,1,9-11H2,2-3H3,(H,28,29,31)(H,32,33,34). The van der Waals surface area contributed by atoms with Crippen LogP contribution in [0.15, 0.2) is 59.9 Å². The van der Waals surface area contributed by atoms with Gasteiger partial charge in [-0.05, 0) is 67.8 Å². The molecule has 0 saturated heterocycles. The first-order chi connectivity index (χ1) is 17.0. The molecule has 3 aromatic heterocycles. The number of amides is 1. The molecule has 1 aliphatic heterocycles. The van der Waals surface area contributed by atoms with E-state index in [1.54, 1.807) is 18.2 Å². The topological polar surface area (TPSA) is 118 Å². The third-order valence-corrected chi connectivity index (χ3v) is 5.80. The van der Waals surface area contributed by atoms with Crippen LogP contribution in [0.5, 0.6) is 0 Å². The Balaban J connectivity index is 1.43. The van der Waals surface area contributed by atoms with Gasteiger partial charge in [0, 0.05) is 23.9 Å². The molecule has 9 nitrogen and oxygen atoms in total. The van der Waals surface area contributed by atoms with E-state index in [-0.39, 0.29) is 5.91 Å². The molecule has 3 N–H and O–H groups in total. The molecule has 0 atom stereocenters. The summed E-state index contributed by atoms with van der Waals surface area (Å²) in [6.07, 6.45) is 4.59. The average molecular weight is 468 g/mol. The fourth-order valence-electron chi connectivity index (χ4n) is 3.81. The Morgan fingerprint density at radius 3 is 2.83 bits per heavy atom. The van der Waals surface area contributed by atoms with Crippen LogP contribution in [0.1, 0.15) is 40.7 Å². The zero-order valence-electron chi connectivity index (χ0n) is 19.6. The number of carbonyl (C=O) groups is 1. The smallest absolute Gasteiger partial charge is 0.256 e. The molecule has 0 spiro atoms. The van der Waals surface area contributed by atoms with E-state index in [0.717, 1.165) is 47.5 Å². The van der Waals surface area contributed by atoms with Gasteiger partial charge in [0.1, 0.15) is 11.8 Å². The minimum Gasteiger partial charge on any atom is -0.354 e. The van der Waals surface area contributed by atoms with Crippen molar-refractivity contribution in [2.45, 2.75) is 20.3 Å². The summed E-state index contributed by atoms with van der Waals surface area (Å²) in [7, 11) is 0. The maximum atomic E-state index is 12.8. The van der Waals surface area contributed by atoms with Gasteiger partial charge in [-0.2, -0.15) is 0 Å². The van der Waals surface area contributed by atoms with Crippen molar-refractivity contribution in [3.05, 3.63) is 78.0 Å². The zero-order valence-corrected chi connectivity index (χ0v) is 19.6. The highest BCUT2D eigenvalue weighted by molar-refractivity contribution is 6.04. The van der Waals surface area contributed by atoms with Crippen LogP contribution in [0.4, 0.5) is 17.3 Å². The Kier molecular flexibility index (Phi) is 6.07. The van der Waals surface area contributed by atoms with Crippen LogP contribution >= 0.6 is 0 Å². The van der Waals surface area contributed by atoms with Gasteiger partial charge in [0.25, 0.3) is 5.91 Å². The third-order valence-electron chi connectivity index (χ3n) is 5.80. The Hall–Kier alpha value is -4.37. The number of rotatable bonds is 6. The first-order valence-electron chi connectivity index (χ1n) is 11.3. The summed E-state index contributed by atoms with van der Waals surface area (Å²) in [6.45, 7) is 9.35. The van der Waals surface area contributed by atoms with E-state index < -0.39 is 0 Å². The number of nitrogens with zero attached hydrogens (tertiary/aromatic N) is 4. The second kappa shape index (κ2) is 9.47. The van der Waals surface area contributed by atoms with Crippen molar-refractivity contribution in [1.29, 1.82) is 0 Å². The van der Waals surface area contributed by atoms with Crippen LogP contribution in [-0.2, 0) is 0 Å². The molecule has 0 saturated carbocycles. The SMILES string of the molecule is C=C(C)c1cc(NC(=O)c2ccc(C)c(Nc3ncnc4ccc(C5=CCNCC5)nc34)c2)no1. The maximum Gasteiger partial charge on any atom is 0.256 e. The number of aromatic nitrogens is 4. The largest absolute Gasteiger partial charge is 0.354 e. The number of nitrogens with one attached hydrogen (secondary N) is 3. The zero-order chi connectivity index (χ0) is 24.4. The quantitative estimate of drug-likeness (QED) is 0.373. The van der Waals surface area contributed by atoms with Gasteiger partial charge in [-0.3, -0.25) is 4.79 Å². The molecule has 0 fully saturated rings. The lowest BCUT2D eigenvalue weighted by molar-refractivity contribution is 0.102. The number of aryl methyl sites for hydroxylation is 1. The normalized spacial score (nSPS) is 13.4. The number of fused-ring (bicyclic) bond motifs is 1. The van der Waals surface area contributed by atoms with Gasteiger partial charge in [-0.1, -0.05) is 23.9 Å². The van der Waals surface area contributed by atoms with E-state index in [2.05, 4.69) is 43.7 Å². The van der Waals surface area contributed by atoms with Gasteiger partial charge in [-0.15, -0.1) is 0 Å². The van der Waals surface area contributed by atoms with Crippen LogP contribution in [0, 0.1) is 6.92 Å². The summed E-state index contributed by atoms with van der Waals surface area (Å²) >= 11 is 0. The van der Waals surface area contributed by atoms with Crippen LogP contribution in [0.25, 0.3) is 22.2 Å². The van der Waals surface area contributed by atoms with E-state index in [1.807, 2.05) is 32.0 Å². The average Bonchev–Trinajstić information content (AvgIpc) is 3.34. The predicted octanol–water partition coefficient (Wildman–Crippen LogP) is 4.73. The van der Waals surface area contributed by atoms with Crippen molar-refractivity contribution >= 4 is 45.4 Å². The lowest BCUT2D eigenvalue weighted by Crippen LogP contribution is -2.20. The van der Waals surface area contributed by atoms with E-state index in [9.17, 15) is 4.79 Å². The molecule has 4 aromatic rings. The van der Waals surface area contributed by atoms with Crippen molar-refractivity contribution in [1.82, 2.24) is 25.4 Å². The van der Waals surface area contributed by atoms with Crippen LogP contribution in [0.3, 0.4) is 0 Å². The third kappa shape index (κ3) is 4.80. The minimum atomic E-state index is -0.305. The van der Waals surface area contributed by atoms with Crippen molar-refractivity contribution in [3.8, 4) is 0 Å². The molecule has 1 aromatic carbocycles. The number of anilines is 3. The van der Waals surface area contributed by atoms with Gasteiger partial charge in [0.2, 0.25) is 0 Å². The Labute approximate surface area is 202 Å². The van der Waals surface area contributed by atoms with Crippen LogP contribution in [0.2, 0.25) is 0 Å². The Morgan fingerprint density at radius 1 is 1.17 bits per heavy atom. The first-order valence-corrected chi connectivity index (χ1v) is 11.3. The number of allylic oxidation sites excluding steroid dienone is 1. The van der Waals surface area contributed by atoms with E-state index in [0.29, 0.717) is 28.5 Å². The van der Waals surface area contributed by atoms with E-state index in [4.69, 9.17) is 9.51 Å². The van der Waals surface area contributed by atoms with Crippen molar-refractivity contribution < 1.29 is 9.32 Å². The molecule has 0 radical (unpaired) electrons. The number of hydrogen-bond acceptors (Lipinski definition) is 8. The fraction of sp³-hybridized carbons (Fsp3) is 0.192. The highest BCUT2D eigenvalue weighted by Crippen LogP contribution is 2.27. The summed E-state index contributed by atoms with van der Waals surface area (Å²) in [4.78, 5) is 26.5. The van der Waals surface area contributed by atoms with Gasteiger partial charge in [-0.25, -0.2) is 15.0 Å². The van der Waals surface area contributed by atoms with Gasteiger partial charge >= 0.3 is 0 Å².